The maximum atomic E-state index is 14.2. The van der Waals surface area contributed by atoms with Crippen molar-refractivity contribution in [3.8, 4) is 23.1 Å². The number of benzene rings is 1. The maximum absolute atomic E-state index is 14.2. The maximum Gasteiger partial charge on any atom is 0.321 e. The van der Waals surface area contributed by atoms with E-state index in [4.69, 9.17) is 21.1 Å². The molecule has 1 aromatic carbocycles. The molecule has 0 amide bonds. The first kappa shape index (κ1) is 14.5. The molecule has 0 atom stereocenters. The Hall–Kier alpha value is -1.95. The summed E-state index contributed by atoms with van der Waals surface area (Å²) in [7, 11) is 1.39. The lowest BCUT2D eigenvalue weighted by Crippen LogP contribution is -2.03. The van der Waals surface area contributed by atoms with E-state index >= 15 is 0 Å². The van der Waals surface area contributed by atoms with Crippen molar-refractivity contribution in [2.75, 3.05) is 13.7 Å². The fraction of sp³-hybridized carbons (Fsp3) is 0.308. The zero-order valence-corrected chi connectivity index (χ0v) is 11.8. The number of hydrogen-bond acceptors (Lipinski definition) is 5. The highest BCUT2D eigenvalue weighted by molar-refractivity contribution is 6.28. The van der Waals surface area contributed by atoms with Crippen LogP contribution in [0, 0.1) is 5.82 Å². The van der Waals surface area contributed by atoms with Gasteiger partial charge in [0.15, 0.2) is 17.4 Å². The van der Waals surface area contributed by atoms with Crippen molar-refractivity contribution in [2.45, 2.75) is 13.3 Å². The quantitative estimate of drug-likeness (QED) is 0.848. The smallest absolute Gasteiger partial charge is 0.321 e. The van der Waals surface area contributed by atoms with Crippen LogP contribution in [0.2, 0.25) is 5.28 Å². The molecule has 2 rings (SSSR count). The summed E-state index contributed by atoms with van der Waals surface area (Å²) in [4.78, 5) is 11.8. The van der Waals surface area contributed by atoms with E-state index in [2.05, 4.69) is 15.0 Å². The largest absolute Gasteiger partial charge is 0.494 e. The molecule has 106 valence electrons. The van der Waals surface area contributed by atoms with Crippen molar-refractivity contribution >= 4 is 11.6 Å². The molecule has 0 aliphatic heterocycles. The molecule has 0 aliphatic rings. The number of ether oxygens (including phenoxy) is 2. The Morgan fingerprint density at radius 1 is 1.25 bits per heavy atom. The van der Waals surface area contributed by atoms with Crippen LogP contribution in [-0.2, 0) is 0 Å². The van der Waals surface area contributed by atoms with Gasteiger partial charge in [-0.1, -0.05) is 13.0 Å². The second-order valence-electron chi connectivity index (χ2n) is 3.88. The lowest BCUT2D eigenvalue weighted by atomic mass is 10.2. The lowest BCUT2D eigenvalue weighted by molar-refractivity contribution is 0.291. The predicted octanol–water partition coefficient (Wildman–Crippen LogP) is 3.13. The van der Waals surface area contributed by atoms with Crippen LogP contribution in [-0.4, -0.2) is 28.7 Å². The molecule has 0 bridgehead atoms. The standard InChI is InChI=1S/C13H13ClFN3O2/c1-3-7-20-13-17-11(16-12(14)18-13)8-5-4-6-9(19-2)10(8)15/h4-6H,3,7H2,1-2H3. The Labute approximate surface area is 120 Å². The molecule has 0 saturated heterocycles. The molecule has 5 nitrogen and oxygen atoms in total. The fourth-order valence-corrected chi connectivity index (χ4v) is 1.70. The van der Waals surface area contributed by atoms with E-state index in [1.165, 1.54) is 19.2 Å². The van der Waals surface area contributed by atoms with Crippen LogP contribution in [0.15, 0.2) is 18.2 Å². The molecule has 0 fully saturated rings. The number of rotatable bonds is 5. The van der Waals surface area contributed by atoms with Gasteiger partial charge in [0.25, 0.3) is 0 Å². The summed E-state index contributed by atoms with van der Waals surface area (Å²) in [6.45, 7) is 2.39. The van der Waals surface area contributed by atoms with Gasteiger partial charge in [0, 0.05) is 0 Å². The van der Waals surface area contributed by atoms with Crippen LogP contribution in [0.5, 0.6) is 11.8 Å². The molecule has 2 aromatic rings. The van der Waals surface area contributed by atoms with Crippen molar-refractivity contribution in [3.63, 3.8) is 0 Å². The van der Waals surface area contributed by atoms with E-state index in [0.717, 1.165) is 6.42 Å². The molecule has 0 saturated carbocycles. The first-order valence-electron chi connectivity index (χ1n) is 6.03. The van der Waals surface area contributed by atoms with Crippen LogP contribution in [0.3, 0.4) is 0 Å². The van der Waals surface area contributed by atoms with Gasteiger partial charge in [-0.05, 0) is 30.2 Å². The monoisotopic (exact) mass is 297 g/mol. The van der Waals surface area contributed by atoms with E-state index < -0.39 is 5.82 Å². The van der Waals surface area contributed by atoms with Gasteiger partial charge in [-0.3, -0.25) is 0 Å². The van der Waals surface area contributed by atoms with Gasteiger partial charge in [-0.25, -0.2) is 4.39 Å². The van der Waals surface area contributed by atoms with Crippen molar-refractivity contribution < 1.29 is 13.9 Å². The molecule has 7 heteroatoms. The normalized spacial score (nSPS) is 10.4. The van der Waals surface area contributed by atoms with Gasteiger partial charge in [0.1, 0.15) is 0 Å². The fourth-order valence-electron chi connectivity index (χ4n) is 1.55. The van der Waals surface area contributed by atoms with E-state index in [0.29, 0.717) is 6.61 Å². The second-order valence-corrected chi connectivity index (χ2v) is 4.22. The average Bonchev–Trinajstić information content (AvgIpc) is 2.44. The minimum absolute atomic E-state index is 0.0525. The van der Waals surface area contributed by atoms with Crippen molar-refractivity contribution in [1.29, 1.82) is 0 Å². The molecular formula is C13H13ClFN3O2. The van der Waals surface area contributed by atoms with E-state index in [9.17, 15) is 4.39 Å². The third kappa shape index (κ3) is 3.14. The minimum Gasteiger partial charge on any atom is -0.494 e. The summed E-state index contributed by atoms with van der Waals surface area (Å²) < 4.78 is 24.4. The van der Waals surface area contributed by atoms with E-state index in [1.807, 2.05) is 6.92 Å². The van der Waals surface area contributed by atoms with Gasteiger partial charge >= 0.3 is 6.01 Å². The molecular weight excluding hydrogens is 285 g/mol. The summed E-state index contributed by atoms with van der Waals surface area (Å²) in [5, 5.41) is -0.0525. The van der Waals surface area contributed by atoms with Gasteiger partial charge in [0.05, 0.1) is 19.3 Å². The summed E-state index contributed by atoms with van der Waals surface area (Å²) in [5.41, 5.74) is 0.176. The Kier molecular flexibility index (Phi) is 4.68. The Balaban J connectivity index is 2.44. The number of halogens is 2. The van der Waals surface area contributed by atoms with Crippen LogP contribution in [0.25, 0.3) is 11.4 Å². The first-order valence-corrected chi connectivity index (χ1v) is 6.40. The third-order valence-electron chi connectivity index (χ3n) is 2.45. The van der Waals surface area contributed by atoms with Crippen LogP contribution in [0.4, 0.5) is 4.39 Å². The number of nitrogens with zero attached hydrogens (tertiary/aromatic N) is 3. The molecule has 1 aromatic heterocycles. The zero-order valence-electron chi connectivity index (χ0n) is 11.1. The van der Waals surface area contributed by atoms with Gasteiger partial charge in [-0.15, -0.1) is 0 Å². The Bertz CT molecular complexity index is 610. The van der Waals surface area contributed by atoms with Crippen LogP contribution in [0.1, 0.15) is 13.3 Å². The van der Waals surface area contributed by atoms with E-state index in [1.54, 1.807) is 6.07 Å². The Morgan fingerprint density at radius 2 is 2.05 bits per heavy atom. The highest BCUT2D eigenvalue weighted by Crippen LogP contribution is 2.27. The molecule has 20 heavy (non-hydrogen) atoms. The topological polar surface area (TPSA) is 57.1 Å². The SMILES string of the molecule is CCCOc1nc(Cl)nc(-c2cccc(OC)c2F)n1. The second kappa shape index (κ2) is 6.47. The molecule has 0 radical (unpaired) electrons. The molecule has 1 heterocycles. The number of aromatic nitrogens is 3. The third-order valence-corrected chi connectivity index (χ3v) is 2.62. The predicted molar refractivity (Wildman–Crippen MR) is 72.6 cm³/mol. The van der Waals surface area contributed by atoms with E-state index in [-0.39, 0.29) is 28.4 Å². The summed E-state index contributed by atoms with van der Waals surface area (Å²) >= 11 is 5.81. The van der Waals surface area contributed by atoms with Crippen molar-refractivity contribution in [2.24, 2.45) is 0 Å². The summed E-state index contributed by atoms with van der Waals surface area (Å²) in [6, 6.07) is 4.76. The average molecular weight is 298 g/mol. The van der Waals surface area contributed by atoms with Crippen LogP contribution >= 0.6 is 11.6 Å². The van der Waals surface area contributed by atoms with Crippen LogP contribution < -0.4 is 9.47 Å². The number of hydrogen-bond donors (Lipinski definition) is 0. The zero-order chi connectivity index (χ0) is 14.5. The van der Waals surface area contributed by atoms with Crippen molar-refractivity contribution in [1.82, 2.24) is 15.0 Å². The highest BCUT2D eigenvalue weighted by atomic mass is 35.5. The molecule has 0 aliphatic carbocycles. The summed E-state index contributed by atoms with van der Waals surface area (Å²) in [5.74, 6) is -0.346. The number of methoxy groups -OCH3 is 1. The molecule has 0 unspecified atom stereocenters. The lowest BCUT2D eigenvalue weighted by Gasteiger charge is -2.08. The first-order chi connectivity index (χ1) is 9.65. The Morgan fingerprint density at radius 3 is 2.75 bits per heavy atom. The van der Waals surface area contributed by atoms with Gasteiger partial charge < -0.3 is 9.47 Å². The molecule has 0 spiro atoms. The van der Waals surface area contributed by atoms with Gasteiger partial charge in [0.2, 0.25) is 5.28 Å². The summed E-state index contributed by atoms with van der Waals surface area (Å²) in [6.07, 6.45) is 0.798. The minimum atomic E-state index is -0.557. The van der Waals surface area contributed by atoms with Gasteiger partial charge in [-0.2, -0.15) is 15.0 Å². The molecule has 0 N–H and O–H groups in total. The van der Waals surface area contributed by atoms with Crippen molar-refractivity contribution in [3.05, 3.63) is 29.3 Å². The highest BCUT2D eigenvalue weighted by Gasteiger charge is 2.15.